The van der Waals surface area contributed by atoms with Crippen molar-refractivity contribution < 1.29 is 23.9 Å². The average Bonchev–Trinajstić information content (AvgIpc) is 2.85. The zero-order chi connectivity index (χ0) is 15.1. The van der Waals surface area contributed by atoms with Crippen molar-refractivity contribution in [2.75, 3.05) is 13.7 Å². The van der Waals surface area contributed by atoms with Gasteiger partial charge in [-0.15, -0.1) is 0 Å². The maximum absolute atomic E-state index is 11.4. The lowest BCUT2D eigenvalue weighted by Crippen LogP contribution is -2.30. The van der Waals surface area contributed by atoms with Crippen LogP contribution in [0.2, 0.25) is 0 Å². The minimum absolute atomic E-state index is 0.121. The van der Waals surface area contributed by atoms with E-state index in [1.54, 1.807) is 25.1 Å². The molecule has 1 heterocycles. The van der Waals surface area contributed by atoms with Gasteiger partial charge in [-0.3, -0.25) is 19.7 Å². The highest BCUT2D eigenvalue weighted by molar-refractivity contribution is 5.98. The molecule has 2 unspecified atom stereocenters. The van der Waals surface area contributed by atoms with E-state index in [4.69, 9.17) is 9.47 Å². The average molecular weight is 284 g/mol. The third kappa shape index (κ3) is 5.00. The first kappa shape index (κ1) is 16.2. The Kier molecular flexibility index (Phi) is 6.17. The molecular formula is C13H20N2O5. The molecule has 20 heavy (non-hydrogen) atoms. The van der Waals surface area contributed by atoms with E-state index in [2.05, 4.69) is 5.32 Å². The summed E-state index contributed by atoms with van der Waals surface area (Å²) in [6.45, 7) is 3.21. The number of rotatable bonds is 6. The van der Waals surface area contributed by atoms with Gasteiger partial charge in [0.25, 0.3) is 5.91 Å². The number of imide groups is 1. The van der Waals surface area contributed by atoms with Crippen LogP contribution < -0.4 is 5.32 Å². The molecular weight excluding hydrogens is 264 g/mol. The summed E-state index contributed by atoms with van der Waals surface area (Å²) < 4.78 is 10.6. The number of nitrogens with one attached hydrogen (secondary N) is 1. The van der Waals surface area contributed by atoms with E-state index in [-0.39, 0.29) is 24.9 Å². The number of hydrogen-bond acceptors (Lipinski definition) is 6. The van der Waals surface area contributed by atoms with Crippen molar-refractivity contribution in [2.45, 2.75) is 39.0 Å². The van der Waals surface area contributed by atoms with Crippen LogP contribution >= 0.6 is 0 Å². The number of carbonyl (C=O) groups excluding carboxylic acids is 3. The number of nitrogens with zero attached hydrogens (tertiary/aromatic N) is 1. The van der Waals surface area contributed by atoms with Crippen molar-refractivity contribution in [3.8, 4) is 0 Å². The van der Waals surface area contributed by atoms with Crippen LogP contribution in [0.25, 0.3) is 0 Å². The van der Waals surface area contributed by atoms with E-state index >= 15 is 0 Å². The first-order valence-electron chi connectivity index (χ1n) is 6.37. The van der Waals surface area contributed by atoms with E-state index in [9.17, 15) is 14.4 Å². The molecule has 1 rings (SSSR count). The molecule has 1 aliphatic heterocycles. The Hall–Kier alpha value is -1.89. The summed E-state index contributed by atoms with van der Waals surface area (Å²) in [6, 6.07) is 0. The van der Waals surface area contributed by atoms with E-state index in [0.29, 0.717) is 12.0 Å². The SMILES string of the molecule is CC(=O)OCC1CCC(N(C)/C=C(/C)C(=O)NC=O)O1. The predicted molar refractivity (Wildman–Crippen MR) is 70.3 cm³/mol. The van der Waals surface area contributed by atoms with Crippen LogP contribution in [-0.4, -0.2) is 49.2 Å². The van der Waals surface area contributed by atoms with Crippen LogP contribution in [0.4, 0.5) is 0 Å². The molecule has 1 fully saturated rings. The zero-order valence-electron chi connectivity index (χ0n) is 11.9. The highest BCUT2D eigenvalue weighted by atomic mass is 16.6. The molecule has 2 amide bonds. The number of esters is 1. The largest absolute Gasteiger partial charge is 0.463 e. The van der Waals surface area contributed by atoms with Gasteiger partial charge in [-0.2, -0.15) is 0 Å². The van der Waals surface area contributed by atoms with Crippen molar-refractivity contribution in [3.63, 3.8) is 0 Å². The van der Waals surface area contributed by atoms with Gasteiger partial charge in [-0.25, -0.2) is 0 Å². The molecule has 7 heteroatoms. The molecule has 0 aromatic rings. The lowest BCUT2D eigenvalue weighted by atomic mass is 10.2. The van der Waals surface area contributed by atoms with Gasteiger partial charge >= 0.3 is 5.97 Å². The summed E-state index contributed by atoms with van der Waals surface area (Å²) in [6.07, 6.45) is 3.24. The predicted octanol–water partition coefficient (Wildman–Crippen LogP) is 0.163. The van der Waals surface area contributed by atoms with Gasteiger partial charge in [-0.05, 0) is 19.8 Å². The highest BCUT2D eigenvalue weighted by Gasteiger charge is 2.28. The molecule has 7 nitrogen and oxygen atoms in total. The Morgan fingerprint density at radius 1 is 1.40 bits per heavy atom. The van der Waals surface area contributed by atoms with Gasteiger partial charge in [0.15, 0.2) is 0 Å². The van der Waals surface area contributed by atoms with Crippen molar-refractivity contribution in [3.05, 3.63) is 11.8 Å². The Balaban J connectivity index is 2.47. The highest BCUT2D eigenvalue weighted by Crippen LogP contribution is 2.22. The summed E-state index contributed by atoms with van der Waals surface area (Å²) in [5, 5.41) is 2.07. The topological polar surface area (TPSA) is 84.9 Å². The molecule has 112 valence electrons. The second-order valence-electron chi connectivity index (χ2n) is 4.66. The first-order valence-corrected chi connectivity index (χ1v) is 6.37. The molecule has 1 saturated heterocycles. The normalized spacial score (nSPS) is 22.2. The molecule has 0 aromatic heterocycles. The molecule has 0 bridgehead atoms. The fourth-order valence-corrected chi connectivity index (χ4v) is 1.93. The monoisotopic (exact) mass is 284 g/mol. The van der Waals surface area contributed by atoms with Gasteiger partial charge in [0, 0.05) is 25.7 Å². The maximum Gasteiger partial charge on any atom is 0.302 e. The summed E-state index contributed by atoms with van der Waals surface area (Å²) in [5.41, 5.74) is 0.409. The van der Waals surface area contributed by atoms with E-state index in [1.165, 1.54) is 6.92 Å². The van der Waals surface area contributed by atoms with Gasteiger partial charge in [0.2, 0.25) is 6.41 Å². The fraction of sp³-hybridized carbons (Fsp3) is 0.615. The molecule has 1 N–H and O–H groups in total. The maximum atomic E-state index is 11.4. The molecule has 0 radical (unpaired) electrons. The quantitative estimate of drug-likeness (QED) is 0.425. The summed E-state index contributed by atoms with van der Waals surface area (Å²) in [5.74, 6) is -0.770. The standard InChI is InChI=1S/C13H20N2O5/c1-9(13(18)14-8-16)6-15(3)12-5-4-11(20-12)7-19-10(2)17/h6,8,11-12H,4-5,7H2,1-3H3,(H,14,16,18)/b9-6-. The smallest absolute Gasteiger partial charge is 0.302 e. The Bertz CT molecular complexity index is 408. The summed E-state index contributed by atoms with van der Waals surface area (Å²) >= 11 is 0. The van der Waals surface area contributed by atoms with E-state index in [0.717, 1.165) is 12.8 Å². The van der Waals surface area contributed by atoms with Gasteiger partial charge in [0.05, 0.1) is 6.10 Å². The second-order valence-corrected chi connectivity index (χ2v) is 4.66. The van der Waals surface area contributed by atoms with Crippen LogP contribution in [0.1, 0.15) is 26.7 Å². The summed E-state index contributed by atoms with van der Waals surface area (Å²) in [4.78, 5) is 34.1. The van der Waals surface area contributed by atoms with E-state index < -0.39 is 5.91 Å². The molecule has 2 atom stereocenters. The Morgan fingerprint density at radius 2 is 2.10 bits per heavy atom. The van der Waals surface area contributed by atoms with Crippen molar-refractivity contribution in [2.24, 2.45) is 0 Å². The van der Waals surface area contributed by atoms with Crippen molar-refractivity contribution >= 4 is 18.3 Å². The Labute approximate surface area is 117 Å². The van der Waals surface area contributed by atoms with Crippen molar-refractivity contribution in [1.29, 1.82) is 0 Å². The first-order chi connectivity index (χ1) is 9.43. The van der Waals surface area contributed by atoms with Crippen LogP contribution in [-0.2, 0) is 23.9 Å². The lowest BCUT2D eigenvalue weighted by molar-refractivity contribution is -0.146. The van der Waals surface area contributed by atoms with Crippen molar-refractivity contribution in [1.82, 2.24) is 10.2 Å². The van der Waals surface area contributed by atoms with Crippen LogP contribution in [0.3, 0.4) is 0 Å². The van der Waals surface area contributed by atoms with Crippen LogP contribution in [0.15, 0.2) is 11.8 Å². The zero-order valence-corrected chi connectivity index (χ0v) is 11.9. The van der Waals surface area contributed by atoms with Gasteiger partial charge < -0.3 is 14.4 Å². The van der Waals surface area contributed by atoms with Crippen LogP contribution in [0.5, 0.6) is 0 Å². The molecule has 0 aromatic carbocycles. The molecule has 0 aliphatic carbocycles. The lowest BCUT2D eigenvalue weighted by Gasteiger charge is -2.23. The molecule has 0 spiro atoms. The third-order valence-corrected chi connectivity index (χ3v) is 2.96. The molecule has 1 aliphatic rings. The fourth-order valence-electron chi connectivity index (χ4n) is 1.93. The number of carbonyl (C=O) groups is 3. The molecule has 0 saturated carbocycles. The number of amides is 2. The third-order valence-electron chi connectivity index (χ3n) is 2.96. The number of hydrogen-bond donors (Lipinski definition) is 1. The van der Waals surface area contributed by atoms with E-state index in [1.807, 2.05) is 0 Å². The summed E-state index contributed by atoms with van der Waals surface area (Å²) in [7, 11) is 1.79. The van der Waals surface area contributed by atoms with Crippen LogP contribution in [0, 0.1) is 0 Å². The van der Waals surface area contributed by atoms with Gasteiger partial charge in [-0.1, -0.05) is 0 Å². The second kappa shape index (κ2) is 7.64. The Morgan fingerprint density at radius 3 is 2.70 bits per heavy atom. The minimum Gasteiger partial charge on any atom is -0.463 e. The number of ether oxygens (including phenoxy) is 2. The minimum atomic E-state index is -0.443. The van der Waals surface area contributed by atoms with Gasteiger partial charge in [0.1, 0.15) is 12.8 Å².